The van der Waals surface area contributed by atoms with Gasteiger partial charge in [-0.05, 0) is 37.3 Å². The third-order valence-corrected chi connectivity index (χ3v) is 4.14. The predicted molar refractivity (Wildman–Crippen MR) is 98.1 cm³/mol. The third-order valence-electron chi connectivity index (χ3n) is 4.14. The number of aromatic nitrogens is 5. The van der Waals surface area contributed by atoms with Crippen LogP contribution >= 0.6 is 0 Å². The van der Waals surface area contributed by atoms with Crippen LogP contribution < -0.4 is 5.32 Å². The van der Waals surface area contributed by atoms with Crippen LogP contribution in [0.1, 0.15) is 21.7 Å². The quantitative estimate of drug-likeness (QED) is 0.568. The zero-order chi connectivity index (χ0) is 20.6. The summed E-state index contributed by atoms with van der Waals surface area (Å²) in [6.45, 7) is 1.76. The van der Waals surface area contributed by atoms with Gasteiger partial charge in [0.15, 0.2) is 17.2 Å². The van der Waals surface area contributed by atoms with Crippen LogP contribution in [-0.2, 0) is 6.18 Å². The highest BCUT2D eigenvalue weighted by Gasteiger charge is 2.33. The van der Waals surface area contributed by atoms with E-state index in [-0.39, 0.29) is 22.8 Å². The summed E-state index contributed by atoms with van der Waals surface area (Å²) in [4.78, 5) is 16.7. The van der Waals surface area contributed by atoms with Gasteiger partial charge in [-0.2, -0.15) is 23.4 Å². The molecule has 0 unspecified atom stereocenters. The molecule has 0 spiro atoms. The number of halogens is 3. The highest BCUT2D eigenvalue weighted by molar-refractivity contribution is 6.02. The van der Waals surface area contributed by atoms with Gasteiger partial charge in [-0.3, -0.25) is 4.79 Å². The fourth-order valence-electron chi connectivity index (χ4n) is 2.77. The lowest BCUT2D eigenvalue weighted by Gasteiger charge is -2.12. The molecule has 1 aromatic carbocycles. The minimum Gasteiger partial charge on any atom is -0.304 e. The molecular formula is C19H13F3N6O. The number of rotatable bonds is 3. The van der Waals surface area contributed by atoms with Gasteiger partial charge in [0.1, 0.15) is 0 Å². The molecule has 0 radical (unpaired) electrons. The van der Waals surface area contributed by atoms with E-state index in [4.69, 9.17) is 0 Å². The molecule has 4 aromatic rings. The Labute approximate surface area is 162 Å². The van der Waals surface area contributed by atoms with Gasteiger partial charge in [0.2, 0.25) is 0 Å². The molecule has 0 saturated carbocycles. The normalized spacial score (nSPS) is 11.6. The molecular weight excluding hydrogens is 385 g/mol. The van der Waals surface area contributed by atoms with E-state index >= 15 is 0 Å². The van der Waals surface area contributed by atoms with Crippen LogP contribution in [0.3, 0.4) is 0 Å². The van der Waals surface area contributed by atoms with E-state index < -0.39 is 17.6 Å². The summed E-state index contributed by atoms with van der Waals surface area (Å²) in [5.74, 6) is -0.335. The average molecular weight is 398 g/mol. The van der Waals surface area contributed by atoms with Gasteiger partial charge >= 0.3 is 6.18 Å². The number of alkyl halides is 3. The molecule has 0 saturated heterocycles. The summed E-state index contributed by atoms with van der Waals surface area (Å²) in [7, 11) is 0. The number of nitrogens with one attached hydrogen (secondary N) is 1. The van der Waals surface area contributed by atoms with Gasteiger partial charge in [-0.1, -0.05) is 18.2 Å². The number of benzene rings is 1. The third kappa shape index (κ3) is 3.64. The lowest BCUT2D eigenvalue weighted by Crippen LogP contribution is -2.17. The molecule has 29 heavy (non-hydrogen) atoms. The SMILES string of the molecule is Cc1ccc(NC(=O)c2cnc3ccc(-c4ccccc4C(F)(F)F)nn23)nn1. The van der Waals surface area contributed by atoms with Crippen LogP contribution in [0, 0.1) is 6.92 Å². The first-order chi connectivity index (χ1) is 13.8. The van der Waals surface area contributed by atoms with Crippen molar-refractivity contribution in [2.45, 2.75) is 13.1 Å². The molecule has 146 valence electrons. The number of fused-ring (bicyclic) bond motifs is 1. The maximum Gasteiger partial charge on any atom is 0.417 e. The lowest BCUT2D eigenvalue weighted by atomic mass is 10.0. The highest BCUT2D eigenvalue weighted by atomic mass is 19.4. The van der Waals surface area contributed by atoms with Crippen molar-refractivity contribution in [2.24, 2.45) is 0 Å². The molecule has 0 aliphatic rings. The summed E-state index contributed by atoms with van der Waals surface area (Å²) in [5.41, 5.74) is 0.214. The van der Waals surface area contributed by atoms with E-state index in [1.165, 1.54) is 41.0 Å². The lowest BCUT2D eigenvalue weighted by molar-refractivity contribution is -0.137. The molecule has 0 bridgehead atoms. The first kappa shape index (κ1) is 18.5. The minimum absolute atomic E-state index is 0.0497. The van der Waals surface area contributed by atoms with Crippen molar-refractivity contribution in [3.8, 4) is 11.3 Å². The van der Waals surface area contributed by atoms with Crippen molar-refractivity contribution < 1.29 is 18.0 Å². The topological polar surface area (TPSA) is 85.1 Å². The van der Waals surface area contributed by atoms with Gasteiger partial charge in [0.05, 0.1) is 23.1 Å². The second-order valence-electron chi connectivity index (χ2n) is 6.19. The molecule has 3 aromatic heterocycles. The molecule has 0 aliphatic heterocycles. The predicted octanol–water partition coefficient (Wildman–Crippen LogP) is 3.77. The molecule has 7 nitrogen and oxygen atoms in total. The summed E-state index contributed by atoms with van der Waals surface area (Å²) in [5, 5.41) is 14.5. The van der Waals surface area contributed by atoms with Crippen molar-refractivity contribution >= 4 is 17.4 Å². The molecule has 3 heterocycles. The second-order valence-corrected chi connectivity index (χ2v) is 6.19. The number of carbonyl (C=O) groups is 1. The van der Waals surface area contributed by atoms with E-state index in [0.717, 1.165) is 6.07 Å². The maximum atomic E-state index is 13.3. The molecule has 0 fully saturated rings. The summed E-state index contributed by atoms with van der Waals surface area (Å²) < 4.78 is 41.2. The molecule has 0 atom stereocenters. The Morgan fingerprint density at radius 3 is 2.55 bits per heavy atom. The Bertz CT molecular complexity index is 1200. The van der Waals surface area contributed by atoms with E-state index in [1.807, 2.05) is 0 Å². The number of carbonyl (C=O) groups excluding carboxylic acids is 1. The maximum absolute atomic E-state index is 13.3. The average Bonchev–Trinajstić information content (AvgIpc) is 3.12. The zero-order valence-corrected chi connectivity index (χ0v) is 15.0. The summed E-state index contributed by atoms with van der Waals surface area (Å²) >= 11 is 0. The van der Waals surface area contributed by atoms with Crippen LogP contribution in [0.15, 0.2) is 54.7 Å². The van der Waals surface area contributed by atoms with Gasteiger partial charge in [-0.15, -0.1) is 5.10 Å². The zero-order valence-electron chi connectivity index (χ0n) is 15.0. The van der Waals surface area contributed by atoms with Gasteiger partial charge in [0, 0.05) is 5.56 Å². The number of imidazole rings is 1. The molecule has 1 amide bonds. The number of anilines is 1. The van der Waals surface area contributed by atoms with Crippen molar-refractivity contribution in [1.82, 2.24) is 24.8 Å². The molecule has 4 rings (SSSR count). The molecule has 0 aliphatic carbocycles. The second kappa shape index (κ2) is 6.97. The van der Waals surface area contributed by atoms with Gasteiger partial charge in [-0.25, -0.2) is 9.50 Å². The number of hydrogen-bond acceptors (Lipinski definition) is 5. The van der Waals surface area contributed by atoms with Crippen LogP contribution in [0.2, 0.25) is 0 Å². The number of amides is 1. The van der Waals surface area contributed by atoms with Crippen LogP contribution in [-0.4, -0.2) is 30.7 Å². The van der Waals surface area contributed by atoms with E-state index in [1.54, 1.807) is 19.1 Å². The molecule has 10 heteroatoms. The summed E-state index contributed by atoms with van der Waals surface area (Å²) in [6.07, 6.45) is -3.24. The van der Waals surface area contributed by atoms with E-state index in [9.17, 15) is 18.0 Å². The fourth-order valence-corrected chi connectivity index (χ4v) is 2.77. The first-order valence-electron chi connectivity index (χ1n) is 8.46. The van der Waals surface area contributed by atoms with Crippen molar-refractivity contribution in [3.63, 3.8) is 0 Å². The van der Waals surface area contributed by atoms with Crippen molar-refractivity contribution in [2.75, 3.05) is 5.32 Å². The van der Waals surface area contributed by atoms with E-state index in [0.29, 0.717) is 11.3 Å². The largest absolute Gasteiger partial charge is 0.417 e. The number of nitrogens with zero attached hydrogens (tertiary/aromatic N) is 5. The Kier molecular flexibility index (Phi) is 4.45. The fraction of sp³-hybridized carbons (Fsp3) is 0.105. The van der Waals surface area contributed by atoms with Crippen molar-refractivity contribution in [3.05, 3.63) is 71.7 Å². The Balaban J connectivity index is 1.74. The monoisotopic (exact) mass is 398 g/mol. The van der Waals surface area contributed by atoms with Crippen molar-refractivity contribution in [1.29, 1.82) is 0 Å². The van der Waals surface area contributed by atoms with Gasteiger partial charge in [0.25, 0.3) is 5.91 Å². The Morgan fingerprint density at radius 2 is 1.83 bits per heavy atom. The first-order valence-corrected chi connectivity index (χ1v) is 8.46. The summed E-state index contributed by atoms with van der Waals surface area (Å²) in [6, 6.07) is 11.3. The molecule has 1 N–H and O–H groups in total. The van der Waals surface area contributed by atoms with Crippen LogP contribution in [0.4, 0.5) is 19.0 Å². The number of hydrogen-bond donors (Lipinski definition) is 1. The Hall–Kier alpha value is -3.82. The smallest absolute Gasteiger partial charge is 0.304 e. The van der Waals surface area contributed by atoms with Crippen LogP contribution in [0.5, 0.6) is 0 Å². The highest BCUT2D eigenvalue weighted by Crippen LogP contribution is 2.36. The minimum atomic E-state index is -4.54. The standard InChI is InChI=1S/C19H13F3N6O/c1-11-6-8-16(26-25-11)24-18(29)15-10-23-17-9-7-14(27-28(15)17)12-4-2-3-5-13(12)19(20,21)22/h2-10H,1H3,(H,24,26,29). The van der Waals surface area contributed by atoms with Gasteiger partial charge < -0.3 is 5.32 Å². The van der Waals surface area contributed by atoms with Crippen LogP contribution in [0.25, 0.3) is 16.9 Å². The number of aryl methyl sites for hydroxylation is 1. The Morgan fingerprint density at radius 1 is 1.03 bits per heavy atom. The van der Waals surface area contributed by atoms with E-state index in [2.05, 4.69) is 25.6 Å².